The normalized spacial score (nSPS) is 18.0. The lowest BCUT2D eigenvalue weighted by Crippen LogP contribution is -2.42. The second-order valence-electron chi connectivity index (χ2n) is 5.85. The summed E-state index contributed by atoms with van der Waals surface area (Å²) < 4.78 is 1.73. The van der Waals surface area contributed by atoms with E-state index in [1.807, 2.05) is 37.3 Å². The van der Waals surface area contributed by atoms with Gasteiger partial charge in [-0.05, 0) is 38.0 Å². The largest absolute Gasteiger partial charge is 0.481 e. The van der Waals surface area contributed by atoms with Crippen molar-refractivity contribution in [2.24, 2.45) is 5.92 Å². The maximum atomic E-state index is 12.6. The van der Waals surface area contributed by atoms with Crippen LogP contribution in [0.3, 0.4) is 0 Å². The van der Waals surface area contributed by atoms with Crippen LogP contribution in [0.4, 0.5) is 0 Å². The number of rotatable bonds is 3. The van der Waals surface area contributed by atoms with Gasteiger partial charge in [0, 0.05) is 18.8 Å². The van der Waals surface area contributed by atoms with Gasteiger partial charge in [-0.25, -0.2) is 4.68 Å². The number of amides is 1. The molecule has 2 aromatic rings. The Morgan fingerprint density at radius 2 is 2.00 bits per heavy atom. The van der Waals surface area contributed by atoms with E-state index in [2.05, 4.69) is 5.10 Å². The number of aromatic nitrogens is 2. The summed E-state index contributed by atoms with van der Waals surface area (Å²) in [6.07, 6.45) is 1.33. The number of nitrogens with zero attached hydrogens (tertiary/aromatic N) is 3. The molecule has 1 aromatic heterocycles. The van der Waals surface area contributed by atoms with E-state index in [0.29, 0.717) is 25.1 Å². The Bertz CT molecular complexity index is 724. The fourth-order valence-corrected chi connectivity index (χ4v) is 2.93. The molecular weight excluding hydrogens is 294 g/mol. The van der Waals surface area contributed by atoms with Crippen LogP contribution in [0.1, 0.15) is 29.0 Å². The fourth-order valence-electron chi connectivity index (χ4n) is 2.93. The standard InChI is InChI=1S/C17H19N3O3/c1-12-10-15(18-20(12)14-7-3-2-4-8-14)16(21)19-9-5-6-13(11-19)17(22)23/h2-4,7-8,10,13H,5-6,9,11H2,1H3,(H,22,23). The minimum absolute atomic E-state index is 0.200. The first-order valence-electron chi connectivity index (χ1n) is 7.70. The van der Waals surface area contributed by atoms with Crippen LogP contribution in [0.2, 0.25) is 0 Å². The number of aryl methyl sites for hydroxylation is 1. The molecule has 0 saturated carbocycles. The molecule has 0 aliphatic carbocycles. The minimum Gasteiger partial charge on any atom is -0.481 e. The molecule has 1 aromatic carbocycles. The number of carbonyl (C=O) groups is 2. The number of aliphatic carboxylic acids is 1. The van der Waals surface area contributed by atoms with Gasteiger partial charge in [0.1, 0.15) is 0 Å². The second-order valence-corrected chi connectivity index (χ2v) is 5.85. The highest BCUT2D eigenvalue weighted by Crippen LogP contribution is 2.19. The molecule has 1 atom stereocenters. The molecule has 1 unspecified atom stereocenters. The molecule has 0 bridgehead atoms. The Kier molecular flexibility index (Phi) is 4.14. The lowest BCUT2D eigenvalue weighted by Gasteiger charge is -2.30. The van der Waals surface area contributed by atoms with Crippen molar-refractivity contribution < 1.29 is 14.7 Å². The Labute approximate surface area is 134 Å². The zero-order chi connectivity index (χ0) is 16.4. The summed E-state index contributed by atoms with van der Waals surface area (Å²) in [6, 6.07) is 11.4. The monoisotopic (exact) mass is 313 g/mol. The molecule has 6 nitrogen and oxygen atoms in total. The molecule has 1 aliphatic heterocycles. The van der Waals surface area contributed by atoms with E-state index in [9.17, 15) is 9.59 Å². The third kappa shape index (κ3) is 3.11. The Morgan fingerprint density at radius 1 is 1.26 bits per heavy atom. The maximum Gasteiger partial charge on any atom is 0.308 e. The topological polar surface area (TPSA) is 75.4 Å². The zero-order valence-electron chi connectivity index (χ0n) is 13.0. The third-order valence-corrected chi connectivity index (χ3v) is 4.17. The molecule has 1 fully saturated rings. The molecular formula is C17H19N3O3. The van der Waals surface area contributed by atoms with E-state index in [1.165, 1.54) is 0 Å². The Morgan fingerprint density at radius 3 is 2.70 bits per heavy atom. The smallest absolute Gasteiger partial charge is 0.308 e. The van der Waals surface area contributed by atoms with Crippen molar-refractivity contribution in [3.8, 4) is 5.69 Å². The van der Waals surface area contributed by atoms with Crippen LogP contribution in [0.5, 0.6) is 0 Å². The van der Waals surface area contributed by atoms with Gasteiger partial charge < -0.3 is 10.0 Å². The Hall–Kier alpha value is -2.63. The third-order valence-electron chi connectivity index (χ3n) is 4.17. The number of carboxylic acid groups (broad SMARTS) is 1. The van der Waals surface area contributed by atoms with Crippen molar-refractivity contribution in [2.75, 3.05) is 13.1 Å². The molecule has 1 saturated heterocycles. The quantitative estimate of drug-likeness (QED) is 0.942. The van der Waals surface area contributed by atoms with Crippen molar-refractivity contribution in [3.63, 3.8) is 0 Å². The number of carbonyl (C=O) groups excluding carboxylic acids is 1. The van der Waals surface area contributed by atoms with E-state index in [-0.39, 0.29) is 12.5 Å². The summed E-state index contributed by atoms with van der Waals surface area (Å²) in [5, 5.41) is 13.6. The number of carboxylic acids is 1. The highest BCUT2D eigenvalue weighted by molar-refractivity contribution is 5.93. The summed E-state index contributed by atoms with van der Waals surface area (Å²) in [7, 11) is 0. The molecule has 23 heavy (non-hydrogen) atoms. The van der Waals surface area contributed by atoms with E-state index >= 15 is 0 Å². The van der Waals surface area contributed by atoms with Crippen molar-refractivity contribution in [3.05, 3.63) is 47.8 Å². The van der Waals surface area contributed by atoms with E-state index in [4.69, 9.17) is 5.11 Å². The van der Waals surface area contributed by atoms with Crippen LogP contribution in [0, 0.1) is 12.8 Å². The SMILES string of the molecule is Cc1cc(C(=O)N2CCCC(C(=O)O)C2)nn1-c1ccccc1. The fraction of sp³-hybridized carbons (Fsp3) is 0.353. The van der Waals surface area contributed by atoms with E-state index in [0.717, 1.165) is 11.4 Å². The first-order chi connectivity index (χ1) is 11.1. The molecule has 1 aliphatic rings. The van der Waals surface area contributed by atoms with Crippen LogP contribution in [0.15, 0.2) is 36.4 Å². The van der Waals surface area contributed by atoms with Crippen molar-refractivity contribution in [2.45, 2.75) is 19.8 Å². The lowest BCUT2D eigenvalue weighted by molar-refractivity contribution is -0.143. The van der Waals surface area contributed by atoms with Crippen molar-refractivity contribution in [1.82, 2.24) is 14.7 Å². The van der Waals surface area contributed by atoms with Gasteiger partial charge in [0.15, 0.2) is 5.69 Å². The number of hydrogen-bond donors (Lipinski definition) is 1. The van der Waals surface area contributed by atoms with Crippen LogP contribution >= 0.6 is 0 Å². The number of likely N-dealkylation sites (tertiary alicyclic amines) is 1. The average molecular weight is 313 g/mol. The second kappa shape index (κ2) is 6.24. The number of para-hydroxylation sites is 1. The van der Waals surface area contributed by atoms with Gasteiger partial charge in [0.2, 0.25) is 0 Å². The average Bonchev–Trinajstić information content (AvgIpc) is 2.97. The summed E-state index contributed by atoms with van der Waals surface area (Å²) in [6.45, 7) is 2.73. The Balaban J connectivity index is 1.82. The summed E-state index contributed by atoms with van der Waals surface area (Å²) >= 11 is 0. The molecule has 1 N–H and O–H groups in total. The number of piperidine rings is 1. The first-order valence-corrected chi connectivity index (χ1v) is 7.70. The number of hydrogen-bond acceptors (Lipinski definition) is 3. The molecule has 2 heterocycles. The van der Waals surface area contributed by atoms with E-state index < -0.39 is 11.9 Å². The summed E-state index contributed by atoms with van der Waals surface area (Å²) in [4.78, 5) is 25.4. The van der Waals surface area contributed by atoms with Gasteiger partial charge in [0.05, 0.1) is 11.6 Å². The van der Waals surface area contributed by atoms with Crippen molar-refractivity contribution >= 4 is 11.9 Å². The van der Waals surface area contributed by atoms with Gasteiger partial charge >= 0.3 is 5.97 Å². The first kappa shape index (κ1) is 15.3. The predicted molar refractivity (Wildman–Crippen MR) is 84.6 cm³/mol. The lowest BCUT2D eigenvalue weighted by atomic mass is 9.98. The maximum absolute atomic E-state index is 12.6. The molecule has 6 heteroatoms. The van der Waals surface area contributed by atoms with Crippen LogP contribution < -0.4 is 0 Å². The molecule has 3 rings (SSSR count). The predicted octanol–water partition coefficient (Wildman–Crippen LogP) is 2.12. The van der Waals surface area contributed by atoms with Crippen molar-refractivity contribution in [1.29, 1.82) is 0 Å². The van der Waals surface area contributed by atoms with Crippen LogP contribution in [-0.2, 0) is 4.79 Å². The van der Waals surface area contributed by atoms with Gasteiger partial charge in [-0.2, -0.15) is 5.10 Å². The minimum atomic E-state index is -0.839. The van der Waals surface area contributed by atoms with Gasteiger partial charge in [-0.3, -0.25) is 9.59 Å². The molecule has 0 spiro atoms. The molecule has 0 radical (unpaired) electrons. The summed E-state index contributed by atoms with van der Waals surface area (Å²) in [5.74, 6) is -1.52. The zero-order valence-corrected chi connectivity index (χ0v) is 13.0. The number of benzene rings is 1. The van der Waals surface area contributed by atoms with Gasteiger partial charge in [0.25, 0.3) is 5.91 Å². The van der Waals surface area contributed by atoms with Crippen LogP contribution in [-0.4, -0.2) is 44.8 Å². The molecule has 120 valence electrons. The molecule has 1 amide bonds. The van der Waals surface area contributed by atoms with Gasteiger partial charge in [-0.15, -0.1) is 0 Å². The summed E-state index contributed by atoms with van der Waals surface area (Å²) in [5.41, 5.74) is 2.12. The highest BCUT2D eigenvalue weighted by atomic mass is 16.4. The van der Waals surface area contributed by atoms with Gasteiger partial charge in [-0.1, -0.05) is 18.2 Å². The van der Waals surface area contributed by atoms with E-state index in [1.54, 1.807) is 15.6 Å². The van der Waals surface area contributed by atoms with Crippen LogP contribution in [0.25, 0.3) is 5.69 Å². The highest BCUT2D eigenvalue weighted by Gasteiger charge is 2.29.